The Hall–Kier alpha value is -3.46. The molecule has 2 N–H and O–H groups in total. The third-order valence-corrected chi connectivity index (χ3v) is 9.52. The SMILES string of the molecule is CC(C)C(I)C(=O)N1CCCC1c1cc(=O)c2cc(-c3ccc4cc(-c5cnc[nH]5)ccc4c3)ccc2[nH]1. The van der Waals surface area contributed by atoms with Crippen molar-refractivity contribution in [2.75, 3.05) is 6.54 Å². The molecule has 1 aliphatic rings. The lowest BCUT2D eigenvalue weighted by atomic mass is 9.98. The molecule has 0 spiro atoms. The van der Waals surface area contributed by atoms with Crippen LogP contribution in [0.1, 0.15) is 38.4 Å². The molecule has 0 saturated carbocycles. The summed E-state index contributed by atoms with van der Waals surface area (Å²) >= 11 is 2.25. The molecule has 5 aromatic rings. The first kappa shape index (κ1) is 24.9. The molecule has 0 aliphatic carbocycles. The molecule has 1 saturated heterocycles. The second kappa shape index (κ2) is 10.0. The van der Waals surface area contributed by atoms with E-state index in [-0.39, 0.29) is 27.2 Å². The predicted octanol–water partition coefficient (Wildman–Crippen LogP) is 6.86. The molecular weight excluding hydrogens is 587 g/mol. The van der Waals surface area contributed by atoms with E-state index in [0.29, 0.717) is 5.39 Å². The van der Waals surface area contributed by atoms with Gasteiger partial charge >= 0.3 is 0 Å². The number of fused-ring (bicyclic) bond motifs is 2. The van der Waals surface area contributed by atoms with E-state index in [1.807, 2.05) is 23.2 Å². The largest absolute Gasteiger partial charge is 0.356 e. The zero-order valence-electron chi connectivity index (χ0n) is 21.4. The Bertz CT molecular complexity index is 1710. The molecule has 3 heterocycles. The summed E-state index contributed by atoms with van der Waals surface area (Å²) in [4.78, 5) is 39.1. The van der Waals surface area contributed by atoms with Crippen molar-refractivity contribution in [3.8, 4) is 22.4 Å². The third kappa shape index (κ3) is 4.53. The number of H-pyrrole nitrogens is 2. The Kier molecular flexibility index (Phi) is 6.55. The van der Waals surface area contributed by atoms with Crippen LogP contribution in [0.2, 0.25) is 0 Å². The fourth-order valence-electron chi connectivity index (χ4n) is 5.43. The molecule has 1 fully saturated rings. The van der Waals surface area contributed by atoms with Crippen LogP contribution < -0.4 is 5.43 Å². The summed E-state index contributed by atoms with van der Waals surface area (Å²) in [5, 5.41) is 2.94. The van der Waals surface area contributed by atoms with Gasteiger partial charge in [-0.3, -0.25) is 9.59 Å². The number of aromatic nitrogens is 3. The number of rotatable bonds is 5. The Labute approximate surface area is 234 Å². The number of alkyl halides is 1. The van der Waals surface area contributed by atoms with Crippen LogP contribution in [0.25, 0.3) is 44.1 Å². The van der Waals surface area contributed by atoms with Crippen molar-refractivity contribution >= 4 is 50.2 Å². The van der Waals surface area contributed by atoms with Crippen molar-refractivity contribution in [1.82, 2.24) is 19.9 Å². The molecule has 192 valence electrons. The van der Waals surface area contributed by atoms with Crippen LogP contribution in [0.3, 0.4) is 0 Å². The van der Waals surface area contributed by atoms with Gasteiger partial charge in [-0.2, -0.15) is 0 Å². The highest BCUT2D eigenvalue weighted by Crippen LogP contribution is 2.34. The van der Waals surface area contributed by atoms with Gasteiger partial charge in [0.15, 0.2) is 5.43 Å². The van der Waals surface area contributed by atoms with E-state index in [9.17, 15) is 9.59 Å². The fourth-order valence-corrected chi connectivity index (χ4v) is 5.79. The molecule has 6 rings (SSSR count). The first-order chi connectivity index (χ1) is 18.4. The Morgan fingerprint density at radius 3 is 2.45 bits per heavy atom. The molecule has 0 radical (unpaired) electrons. The molecule has 1 aliphatic heterocycles. The van der Waals surface area contributed by atoms with Crippen molar-refractivity contribution < 1.29 is 4.79 Å². The number of hydrogen-bond acceptors (Lipinski definition) is 3. The smallest absolute Gasteiger partial charge is 0.236 e. The number of pyridine rings is 1. The van der Waals surface area contributed by atoms with Crippen molar-refractivity contribution in [3.63, 3.8) is 0 Å². The van der Waals surface area contributed by atoms with Gasteiger partial charge < -0.3 is 14.9 Å². The van der Waals surface area contributed by atoms with E-state index < -0.39 is 0 Å². The quantitative estimate of drug-likeness (QED) is 0.167. The lowest BCUT2D eigenvalue weighted by molar-refractivity contribution is -0.131. The highest BCUT2D eigenvalue weighted by atomic mass is 127. The average Bonchev–Trinajstić information content (AvgIpc) is 3.64. The van der Waals surface area contributed by atoms with Crippen LogP contribution in [-0.2, 0) is 4.79 Å². The van der Waals surface area contributed by atoms with Crippen LogP contribution in [0.5, 0.6) is 0 Å². The number of carbonyl (C=O) groups excluding carboxylic acids is 1. The number of likely N-dealkylation sites (tertiary alicyclic amines) is 1. The molecule has 0 bridgehead atoms. The average molecular weight is 617 g/mol. The maximum atomic E-state index is 13.3. The molecule has 3 aromatic carbocycles. The summed E-state index contributed by atoms with van der Waals surface area (Å²) in [6.45, 7) is 4.88. The van der Waals surface area contributed by atoms with Gasteiger partial charge in [-0.25, -0.2) is 4.98 Å². The second-order valence-electron chi connectivity index (χ2n) is 10.4. The Balaban J connectivity index is 1.32. The summed E-state index contributed by atoms with van der Waals surface area (Å²) in [7, 11) is 0. The summed E-state index contributed by atoms with van der Waals surface area (Å²) in [6.07, 6.45) is 5.32. The maximum Gasteiger partial charge on any atom is 0.236 e. The number of nitrogens with zero attached hydrogens (tertiary/aromatic N) is 2. The maximum absolute atomic E-state index is 13.3. The molecular formula is C31H29IN4O2. The monoisotopic (exact) mass is 616 g/mol. The van der Waals surface area contributed by atoms with Gasteiger partial charge in [-0.15, -0.1) is 0 Å². The Morgan fingerprint density at radius 1 is 1.00 bits per heavy atom. The van der Waals surface area contributed by atoms with E-state index in [1.54, 1.807) is 12.4 Å². The molecule has 2 unspecified atom stereocenters. The van der Waals surface area contributed by atoms with Gasteiger partial charge in [0.2, 0.25) is 5.91 Å². The highest BCUT2D eigenvalue weighted by molar-refractivity contribution is 14.1. The molecule has 6 nitrogen and oxygen atoms in total. The molecule has 38 heavy (non-hydrogen) atoms. The third-order valence-electron chi connectivity index (χ3n) is 7.55. The van der Waals surface area contributed by atoms with Gasteiger partial charge in [0.25, 0.3) is 0 Å². The summed E-state index contributed by atoms with van der Waals surface area (Å²) in [5.41, 5.74) is 5.75. The van der Waals surface area contributed by atoms with Crippen LogP contribution >= 0.6 is 22.6 Å². The molecule has 2 aromatic heterocycles. The summed E-state index contributed by atoms with van der Waals surface area (Å²) in [6, 6.07) is 20.3. The number of benzene rings is 3. The van der Waals surface area contributed by atoms with Gasteiger partial charge in [-0.1, -0.05) is 66.8 Å². The van der Waals surface area contributed by atoms with Crippen LogP contribution in [0.4, 0.5) is 0 Å². The summed E-state index contributed by atoms with van der Waals surface area (Å²) in [5.74, 6) is 0.430. The summed E-state index contributed by atoms with van der Waals surface area (Å²) < 4.78 is -0.0676. The fraction of sp³-hybridized carbons (Fsp3) is 0.258. The minimum Gasteiger partial charge on any atom is -0.356 e. The van der Waals surface area contributed by atoms with Gasteiger partial charge in [0.05, 0.1) is 28.2 Å². The van der Waals surface area contributed by atoms with Crippen LogP contribution in [-0.4, -0.2) is 36.2 Å². The van der Waals surface area contributed by atoms with Crippen molar-refractivity contribution in [3.05, 3.63) is 89.1 Å². The first-order valence-corrected chi connectivity index (χ1v) is 14.3. The molecule has 7 heteroatoms. The van der Waals surface area contributed by atoms with Gasteiger partial charge in [0.1, 0.15) is 0 Å². The number of aromatic amines is 2. The number of carbonyl (C=O) groups is 1. The van der Waals surface area contributed by atoms with E-state index >= 15 is 0 Å². The topological polar surface area (TPSA) is 81.8 Å². The zero-order chi connectivity index (χ0) is 26.4. The number of nitrogens with one attached hydrogen (secondary N) is 2. The number of hydrogen-bond donors (Lipinski definition) is 2. The second-order valence-corrected chi connectivity index (χ2v) is 11.8. The van der Waals surface area contributed by atoms with Crippen LogP contribution in [0, 0.1) is 5.92 Å². The predicted molar refractivity (Wildman–Crippen MR) is 161 cm³/mol. The van der Waals surface area contributed by atoms with Crippen molar-refractivity contribution in [1.29, 1.82) is 0 Å². The van der Waals surface area contributed by atoms with Gasteiger partial charge in [-0.05, 0) is 64.9 Å². The molecule has 1 amide bonds. The van der Waals surface area contributed by atoms with E-state index in [1.165, 1.54) is 0 Å². The Morgan fingerprint density at radius 2 is 1.71 bits per heavy atom. The highest BCUT2D eigenvalue weighted by Gasteiger charge is 2.34. The van der Waals surface area contributed by atoms with Crippen LogP contribution in [0.15, 0.2) is 78.0 Å². The van der Waals surface area contributed by atoms with E-state index in [2.05, 4.69) is 93.9 Å². The van der Waals surface area contributed by atoms with Gasteiger partial charge in [0, 0.05) is 34.8 Å². The first-order valence-electron chi connectivity index (χ1n) is 13.0. The lowest BCUT2D eigenvalue weighted by Gasteiger charge is -2.28. The standard InChI is InChI=1S/C31H29IN4O2/c1-18(2)30(32)31(38)36-11-3-4-28(36)26-15-29(37)24-14-22(9-10-25(24)35-26)20-5-6-21-13-23(8-7-19(21)12-20)27-16-33-17-34-27/h5-10,12-18,28,30H,3-4,11H2,1-2H3,(H,33,34)(H,35,37). The number of halogens is 1. The number of amides is 1. The minimum atomic E-state index is -0.0811. The lowest BCUT2D eigenvalue weighted by Crippen LogP contribution is -2.38. The number of imidazole rings is 1. The van der Waals surface area contributed by atoms with E-state index in [0.717, 1.165) is 63.8 Å². The normalized spacial score (nSPS) is 16.5. The molecule has 2 atom stereocenters. The van der Waals surface area contributed by atoms with Crippen molar-refractivity contribution in [2.45, 2.75) is 36.7 Å². The van der Waals surface area contributed by atoms with Crippen molar-refractivity contribution in [2.24, 2.45) is 5.92 Å². The van der Waals surface area contributed by atoms with E-state index in [4.69, 9.17) is 0 Å². The minimum absolute atomic E-state index is 0.0187. The zero-order valence-corrected chi connectivity index (χ0v) is 23.5.